The van der Waals surface area contributed by atoms with E-state index < -0.39 is 38.8 Å². The van der Waals surface area contributed by atoms with Crippen LogP contribution in [0.3, 0.4) is 0 Å². The van der Waals surface area contributed by atoms with E-state index in [9.17, 15) is 40.3 Å². The first-order chi connectivity index (χ1) is 21.2. The molecule has 1 aliphatic heterocycles. The van der Waals surface area contributed by atoms with Gasteiger partial charge in [-0.2, -0.15) is 13.2 Å². The largest absolute Gasteiger partial charge is 0.506 e. The molecule has 2 fully saturated rings. The van der Waals surface area contributed by atoms with Crippen LogP contribution >= 0.6 is 0 Å². The average molecular weight is 654 g/mol. The number of nitrogens with zero attached hydrogens (tertiary/aromatic N) is 1. The zero-order valence-corrected chi connectivity index (χ0v) is 24.9. The third-order valence-electron chi connectivity index (χ3n) is 7.71. The molecule has 0 atom stereocenters. The molecule has 5 rings (SSSR count). The van der Waals surface area contributed by atoms with Crippen molar-refractivity contribution in [2.24, 2.45) is 0 Å². The Balaban J connectivity index is 1.33. The van der Waals surface area contributed by atoms with Crippen molar-refractivity contribution in [1.29, 1.82) is 0 Å². The van der Waals surface area contributed by atoms with Gasteiger partial charge in [-0.3, -0.25) is 9.52 Å². The fraction of sp³-hybridized carbons (Fsp3) is 0.387. The maximum atomic E-state index is 13.5. The molecular weight excluding hydrogens is 621 g/mol. The highest BCUT2D eigenvalue weighted by Gasteiger charge is 2.36. The lowest BCUT2D eigenvalue weighted by atomic mass is 10.0. The number of carbonyl (C=O) groups excluding carboxylic acids is 1. The van der Waals surface area contributed by atoms with E-state index in [2.05, 4.69) is 10.0 Å². The van der Waals surface area contributed by atoms with Gasteiger partial charge in [0.25, 0.3) is 11.8 Å². The Kier molecular flexibility index (Phi) is 9.26. The summed E-state index contributed by atoms with van der Waals surface area (Å²) in [4.78, 5) is 15.3. The fourth-order valence-corrected chi connectivity index (χ4v) is 6.34. The number of anilines is 2. The van der Waals surface area contributed by atoms with Crippen LogP contribution in [0.25, 0.3) is 11.1 Å². The van der Waals surface area contributed by atoms with E-state index in [1.165, 1.54) is 42.5 Å². The van der Waals surface area contributed by atoms with Crippen molar-refractivity contribution in [3.63, 3.8) is 0 Å². The Labute approximate surface area is 257 Å². The Morgan fingerprint density at radius 2 is 1.64 bits per heavy atom. The summed E-state index contributed by atoms with van der Waals surface area (Å²) >= 11 is 0. The molecule has 0 radical (unpaired) electrons. The summed E-state index contributed by atoms with van der Waals surface area (Å²) in [6.45, 7) is 1.16. The van der Waals surface area contributed by atoms with Crippen molar-refractivity contribution >= 4 is 27.3 Å². The smallest absolute Gasteiger partial charge is 0.416 e. The molecule has 0 bridgehead atoms. The second kappa shape index (κ2) is 12.8. The van der Waals surface area contributed by atoms with E-state index in [0.29, 0.717) is 36.9 Å². The van der Waals surface area contributed by atoms with Crippen molar-refractivity contribution in [2.75, 3.05) is 36.3 Å². The number of hydrogen-bond donors (Lipinski definition) is 3. The first kappa shape index (κ1) is 32.5. The second-order valence-electron chi connectivity index (χ2n) is 11.2. The van der Waals surface area contributed by atoms with Gasteiger partial charge in [0.05, 0.1) is 28.7 Å². The Morgan fingerprint density at radius 1 is 0.978 bits per heavy atom. The normalized spacial score (nSPS) is 17.1. The number of carbonyl (C=O) groups is 1. The van der Waals surface area contributed by atoms with Gasteiger partial charge in [-0.05, 0) is 72.9 Å². The molecule has 242 valence electrons. The number of alkyl halides is 5. The molecule has 45 heavy (non-hydrogen) atoms. The number of rotatable bonds is 11. The van der Waals surface area contributed by atoms with Gasteiger partial charge in [0.15, 0.2) is 0 Å². The summed E-state index contributed by atoms with van der Waals surface area (Å²) in [5.41, 5.74) is 0.337. The van der Waals surface area contributed by atoms with E-state index in [1.807, 2.05) is 4.90 Å². The summed E-state index contributed by atoms with van der Waals surface area (Å²) in [6, 6.07) is 13.0. The number of halogens is 5. The maximum absolute atomic E-state index is 13.5. The van der Waals surface area contributed by atoms with Crippen molar-refractivity contribution in [3.8, 4) is 22.6 Å². The molecule has 3 N–H and O–H groups in total. The molecule has 2 aliphatic rings. The first-order valence-corrected chi connectivity index (χ1v) is 16.0. The molecule has 14 heteroatoms. The Hall–Kier alpha value is -3.91. The van der Waals surface area contributed by atoms with Crippen LogP contribution in [0.4, 0.5) is 33.3 Å². The van der Waals surface area contributed by atoms with Gasteiger partial charge < -0.3 is 20.1 Å². The van der Waals surface area contributed by atoms with Crippen LogP contribution in [0.1, 0.15) is 48.0 Å². The molecule has 1 heterocycles. The number of amides is 1. The van der Waals surface area contributed by atoms with Gasteiger partial charge in [-0.15, -0.1) is 0 Å². The van der Waals surface area contributed by atoms with Crippen LogP contribution in [0, 0.1) is 0 Å². The first-order valence-electron chi connectivity index (χ1n) is 14.4. The minimum absolute atomic E-state index is 0.0932. The van der Waals surface area contributed by atoms with Gasteiger partial charge in [0.2, 0.25) is 10.0 Å². The van der Waals surface area contributed by atoms with E-state index in [1.54, 1.807) is 6.07 Å². The van der Waals surface area contributed by atoms with Crippen molar-refractivity contribution < 1.29 is 45.0 Å². The van der Waals surface area contributed by atoms with Crippen molar-refractivity contribution in [1.82, 2.24) is 4.90 Å². The monoisotopic (exact) mass is 653 g/mol. The summed E-state index contributed by atoms with van der Waals surface area (Å²) in [5.74, 6) is -3.46. The molecule has 3 aromatic carbocycles. The minimum atomic E-state index is -4.50. The summed E-state index contributed by atoms with van der Waals surface area (Å²) < 4.78 is 99.2. The SMILES string of the molecule is O=C(Nc1ccc(O)c(NS(=O)(=O)C2CC2)c1)c1ccc(-c2ccc(C(F)(F)F)cc2)cc1OCCCN1CCC(F)(F)CC1. The number of piperidine rings is 1. The van der Waals surface area contributed by atoms with E-state index in [0.717, 1.165) is 12.1 Å². The molecular formula is C31H32F5N3O5S. The van der Waals surface area contributed by atoms with Crippen LogP contribution in [0.2, 0.25) is 0 Å². The van der Waals surface area contributed by atoms with Gasteiger partial charge >= 0.3 is 6.18 Å². The number of likely N-dealkylation sites (tertiary alicyclic amines) is 1. The lowest BCUT2D eigenvalue weighted by Gasteiger charge is -2.31. The summed E-state index contributed by atoms with van der Waals surface area (Å²) in [6.07, 6.45) is -3.41. The standard InChI is InChI=1S/C31H32F5N3O5S/c32-30(33)12-15-39(16-13-30)14-1-17-44-28-18-21(20-2-5-22(6-3-20)31(34,35)36)4-10-25(28)29(41)37-23-7-11-27(40)26(19-23)38-45(42,43)24-8-9-24/h2-7,10-11,18-19,24,38,40H,1,8-9,12-17H2,(H,37,41). The van der Waals surface area contributed by atoms with Crippen molar-refractivity contribution in [3.05, 3.63) is 71.8 Å². The molecule has 0 aromatic heterocycles. The molecule has 0 spiro atoms. The molecule has 1 aliphatic carbocycles. The lowest BCUT2D eigenvalue weighted by Crippen LogP contribution is -2.40. The average Bonchev–Trinajstić information content (AvgIpc) is 3.84. The topological polar surface area (TPSA) is 108 Å². The minimum Gasteiger partial charge on any atom is -0.506 e. The molecule has 8 nitrogen and oxygen atoms in total. The van der Waals surface area contributed by atoms with E-state index >= 15 is 0 Å². The van der Waals surface area contributed by atoms with Gasteiger partial charge in [0, 0.05) is 38.2 Å². The van der Waals surface area contributed by atoms with Crippen LogP contribution in [0.15, 0.2) is 60.7 Å². The number of phenolic OH excluding ortho intramolecular Hbond substituents is 1. The van der Waals surface area contributed by atoms with Crippen LogP contribution in [-0.4, -0.2) is 61.7 Å². The predicted octanol–water partition coefficient (Wildman–Crippen LogP) is 6.73. The maximum Gasteiger partial charge on any atom is 0.416 e. The van der Waals surface area contributed by atoms with E-state index in [4.69, 9.17) is 4.74 Å². The molecule has 1 amide bonds. The number of benzene rings is 3. The zero-order chi connectivity index (χ0) is 32.4. The Bertz CT molecular complexity index is 1630. The summed E-state index contributed by atoms with van der Waals surface area (Å²) in [5, 5.41) is 12.3. The quantitative estimate of drug-likeness (QED) is 0.0917. The number of nitrogens with one attached hydrogen (secondary N) is 2. The third kappa shape index (κ3) is 8.42. The molecule has 3 aromatic rings. The molecule has 1 saturated heterocycles. The number of aromatic hydroxyl groups is 1. The van der Waals surface area contributed by atoms with Crippen LogP contribution in [0.5, 0.6) is 11.5 Å². The zero-order valence-electron chi connectivity index (χ0n) is 24.0. The second-order valence-corrected chi connectivity index (χ2v) is 13.2. The lowest BCUT2D eigenvalue weighted by molar-refractivity contribution is -0.137. The highest BCUT2D eigenvalue weighted by Crippen LogP contribution is 2.35. The van der Waals surface area contributed by atoms with Crippen molar-refractivity contribution in [2.45, 2.75) is 49.5 Å². The Morgan fingerprint density at radius 3 is 2.29 bits per heavy atom. The van der Waals surface area contributed by atoms with Crippen LogP contribution in [-0.2, 0) is 16.2 Å². The molecule has 1 saturated carbocycles. The van der Waals surface area contributed by atoms with Gasteiger partial charge in [-0.25, -0.2) is 17.2 Å². The fourth-order valence-electron chi connectivity index (χ4n) is 4.94. The van der Waals surface area contributed by atoms with Gasteiger partial charge in [-0.1, -0.05) is 18.2 Å². The molecule has 0 unspecified atom stereocenters. The summed E-state index contributed by atoms with van der Waals surface area (Å²) in [7, 11) is -3.68. The van der Waals surface area contributed by atoms with Crippen LogP contribution < -0.4 is 14.8 Å². The predicted molar refractivity (Wildman–Crippen MR) is 159 cm³/mol. The number of phenols is 1. The number of sulfonamides is 1. The van der Waals surface area contributed by atoms with E-state index in [-0.39, 0.29) is 61.0 Å². The van der Waals surface area contributed by atoms with Gasteiger partial charge in [0.1, 0.15) is 11.5 Å². The highest BCUT2D eigenvalue weighted by atomic mass is 32.2. The number of ether oxygens (including phenoxy) is 1. The third-order valence-corrected chi connectivity index (χ3v) is 9.56. The highest BCUT2D eigenvalue weighted by molar-refractivity contribution is 7.93. The number of hydrogen-bond acceptors (Lipinski definition) is 6.